The van der Waals surface area contributed by atoms with Crippen molar-refractivity contribution >= 4 is 18.6 Å². The average Bonchev–Trinajstić information content (AvgIpc) is 3.40. The van der Waals surface area contributed by atoms with Gasteiger partial charge in [0, 0.05) is 35.2 Å². The van der Waals surface area contributed by atoms with E-state index < -0.39 is 6.16 Å². The van der Waals surface area contributed by atoms with Gasteiger partial charge in [0.2, 0.25) is 5.82 Å². The first kappa shape index (κ1) is 25.6. The predicted molar refractivity (Wildman–Crippen MR) is 132 cm³/mol. The number of halogens is 1. The number of pyridine rings is 2. The summed E-state index contributed by atoms with van der Waals surface area (Å²) < 4.78 is 11.3. The lowest BCUT2D eigenvalue weighted by molar-refractivity contribution is 0.121. The van der Waals surface area contributed by atoms with Crippen LogP contribution < -0.4 is 10.3 Å². The number of tetrazole rings is 1. The molecule has 1 aromatic carbocycles. The van der Waals surface area contributed by atoms with E-state index in [1.54, 1.807) is 16.8 Å². The molecule has 3 aromatic heterocycles. The zero-order valence-corrected chi connectivity index (χ0v) is 20.1. The number of carbonyl (C=O) groups is 1. The molecule has 4 aromatic rings. The Morgan fingerprint density at radius 3 is 2.57 bits per heavy atom. The quantitative estimate of drug-likeness (QED) is 0.362. The van der Waals surface area contributed by atoms with Gasteiger partial charge in [-0.2, -0.15) is 5.21 Å². The second-order valence-corrected chi connectivity index (χ2v) is 7.60. The Balaban J connectivity index is 0.00000342. The highest BCUT2D eigenvalue weighted by atomic mass is 35.5. The van der Waals surface area contributed by atoms with Crippen LogP contribution in [0.25, 0.3) is 22.6 Å². The summed E-state index contributed by atoms with van der Waals surface area (Å²) in [7, 11) is 1.22. The highest BCUT2D eigenvalue weighted by Gasteiger charge is 2.14. The molecule has 0 saturated carbocycles. The van der Waals surface area contributed by atoms with Crippen LogP contribution in [0.3, 0.4) is 0 Å². The Labute approximate surface area is 207 Å². The summed E-state index contributed by atoms with van der Waals surface area (Å²) >= 11 is 0. The van der Waals surface area contributed by atoms with Crippen molar-refractivity contribution in [1.29, 1.82) is 0 Å². The van der Waals surface area contributed by atoms with Crippen LogP contribution >= 0.6 is 12.4 Å². The first-order chi connectivity index (χ1) is 16.6. The number of nitrogens with one attached hydrogen (secondary N) is 1. The number of methoxy groups -OCH3 is 1. The van der Waals surface area contributed by atoms with Gasteiger partial charge in [-0.3, -0.25) is 9.78 Å². The normalized spacial score (nSPS) is 10.5. The molecule has 0 bridgehead atoms. The number of hydrogen-bond donors (Lipinski definition) is 1. The van der Waals surface area contributed by atoms with Gasteiger partial charge in [0.1, 0.15) is 5.75 Å². The minimum atomic E-state index is -0.862. The van der Waals surface area contributed by atoms with Crippen LogP contribution in [-0.2, 0) is 17.7 Å². The number of rotatable bonds is 8. The molecule has 0 aliphatic heterocycles. The van der Waals surface area contributed by atoms with Crippen molar-refractivity contribution in [2.24, 2.45) is 0 Å². The number of nitrogens with zero attached hydrogens (tertiary/aromatic N) is 5. The van der Waals surface area contributed by atoms with Gasteiger partial charge >= 0.3 is 6.16 Å². The lowest BCUT2D eigenvalue weighted by Gasteiger charge is -2.15. The molecule has 0 saturated heterocycles. The van der Waals surface area contributed by atoms with E-state index in [0.717, 1.165) is 40.9 Å². The molecule has 0 atom stereocenters. The van der Waals surface area contributed by atoms with Crippen LogP contribution in [-0.4, -0.2) is 43.4 Å². The smallest absolute Gasteiger partial charge is 0.437 e. The largest absolute Gasteiger partial charge is 0.513 e. The number of hydrogen-bond acceptors (Lipinski definition) is 8. The van der Waals surface area contributed by atoms with Gasteiger partial charge < -0.3 is 14.0 Å². The van der Waals surface area contributed by atoms with E-state index in [-0.39, 0.29) is 23.7 Å². The lowest BCUT2D eigenvalue weighted by Crippen LogP contribution is -2.24. The van der Waals surface area contributed by atoms with E-state index in [4.69, 9.17) is 4.74 Å². The van der Waals surface area contributed by atoms with Crippen molar-refractivity contribution in [3.8, 4) is 28.4 Å². The van der Waals surface area contributed by atoms with Crippen LogP contribution in [0.1, 0.15) is 31.0 Å². The molecule has 0 fully saturated rings. The second-order valence-electron chi connectivity index (χ2n) is 7.60. The highest BCUT2D eigenvalue weighted by Crippen LogP contribution is 2.28. The lowest BCUT2D eigenvalue weighted by atomic mass is 10.0. The maximum Gasteiger partial charge on any atom is 0.513 e. The van der Waals surface area contributed by atoms with Gasteiger partial charge in [-0.05, 0) is 29.7 Å². The summed E-state index contributed by atoms with van der Waals surface area (Å²) in [5, 5.41) is 14.2. The fourth-order valence-electron chi connectivity index (χ4n) is 3.60. The van der Waals surface area contributed by atoms with Gasteiger partial charge in [-0.25, -0.2) is 4.79 Å². The van der Waals surface area contributed by atoms with Gasteiger partial charge in [-0.15, -0.1) is 22.6 Å². The fourth-order valence-corrected chi connectivity index (χ4v) is 3.60. The molecule has 11 heteroatoms. The molecule has 0 aliphatic carbocycles. The van der Waals surface area contributed by atoms with Crippen molar-refractivity contribution in [2.75, 3.05) is 7.11 Å². The number of aryl methyl sites for hydroxylation is 1. The van der Waals surface area contributed by atoms with E-state index in [1.807, 2.05) is 36.4 Å². The second kappa shape index (κ2) is 11.9. The summed E-state index contributed by atoms with van der Waals surface area (Å²) in [6, 6.07) is 14.5. The third-order valence-electron chi connectivity index (χ3n) is 5.30. The summed E-state index contributed by atoms with van der Waals surface area (Å²) in [6.07, 6.45) is 3.42. The average molecular weight is 497 g/mol. The Morgan fingerprint density at radius 1 is 1.11 bits per heavy atom. The van der Waals surface area contributed by atoms with Crippen molar-refractivity contribution in [3.05, 3.63) is 76.3 Å². The number of unbranched alkanes of at least 4 members (excludes halogenated alkanes) is 1. The molecule has 3 heterocycles. The van der Waals surface area contributed by atoms with Crippen LogP contribution in [0.15, 0.2) is 59.5 Å². The summed E-state index contributed by atoms with van der Waals surface area (Å²) in [4.78, 5) is 28.9. The van der Waals surface area contributed by atoms with Crippen LogP contribution in [0.2, 0.25) is 0 Å². The summed E-state index contributed by atoms with van der Waals surface area (Å²) in [5.74, 6) is 0.661. The van der Waals surface area contributed by atoms with Crippen LogP contribution in [0.5, 0.6) is 5.75 Å². The van der Waals surface area contributed by atoms with E-state index in [2.05, 4.69) is 37.3 Å². The monoisotopic (exact) mass is 496 g/mol. The topological polar surface area (TPSA) is 125 Å². The molecular weight excluding hydrogens is 472 g/mol. The van der Waals surface area contributed by atoms with Gasteiger partial charge in [0.25, 0.3) is 5.56 Å². The minimum absolute atomic E-state index is 0. The molecule has 0 aliphatic rings. The third kappa shape index (κ3) is 6.10. The first-order valence-corrected chi connectivity index (χ1v) is 10.9. The van der Waals surface area contributed by atoms with E-state index in [9.17, 15) is 9.59 Å². The van der Waals surface area contributed by atoms with E-state index in [1.165, 1.54) is 13.2 Å². The number of benzene rings is 1. The van der Waals surface area contributed by atoms with Gasteiger partial charge in [0.05, 0.1) is 19.3 Å². The van der Waals surface area contributed by atoms with E-state index >= 15 is 0 Å². The molecule has 1 N–H and O–H groups in total. The molecule has 35 heavy (non-hydrogen) atoms. The third-order valence-corrected chi connectivity index (χ3v) is 5.30. The molecule has 0 amide bonds. The van der Waals surface area contributed by atoms with Crippen LogP contribution in [0, 0.1) is 0 Å². The van der Waals surface area contributed by atoms with Crippen molar-refractivity contribution in [3.63, 3.8) is 0 Å². The highest BCUT2D eigenvalue weighted by molar-refractivity contribution is 5.85. The number of aromatic amines is 1. The molecule has 0 radical (unpaired) electrons. The summed E-state index contributed by atoms with van der Waals surface area (Å²) in [6.45, 7) is 2.42. The molecule has 182 valence electrons. The Hall–Kier alpha value is -4.05. The molecule has 4 rings (SSSR count). The van der Waals surface area contributed by atoms with Gasteiger partial charge in [0.15, 0.2) is 0 Å². The van der Waals surface area contributed by atoms with Crippen molar-refractivity contribution < 1.29 is 14.3 Å². The zero-order chi connectivity index (χ0) is 23.9. The van der Waals surface area contributed by atoms with Crippen LogP contribution in [0.4, 0.5) is 4.79 Å². The fraction of sp³-hybridized carbons (Fsp3) is 0.250. The van der Waals surface area contributed by atoms with Gasteiger partial charge in [-0.1, -0.05) is 43.7 Å². The zero-order valence-electron chi connectivity index (χ0n) is 19.3. The van der Waals surface area contributed by atoms with Crippen molar-refractivity contribution in [1.82, 2.24) is 30.2 Å². The number of ether oxygens (including phenoxy) is 2. The standard InChI is InChI=1S/C24H24N6O4.ClH/c1-3-4-7-17-12-18(34-24(32)33-2)13-22(31)30(17)15-16-10-11-21(25-14-16)19-8-5-6-9-20(19)23-26-28-29-27-23;/h5-6,8-14H,3-4,7,15H2,1-2H3,(H,26,27,28,29);1H. The molecular formula is C24H25ClN6O4. The van der Waals surface area contributed by atoms with Crippen molar-refractivity contribution in [2.45, 2.75) is 32.7 Å². The first-order valence-electron chi connectivity index (χ1n) is 10.9. The molecule has 0 spiro atoms. The number of carbonyl (C=O) groups excluding carboxylic acids is 1. The maximum absolute atomic E-state index is 12.9. The minimum Gasteiger partial charge on any atom is -0.437 e. The summed E-state index contributed by atoms with van der Waals surface area (Å²) in [5.41, 5.74) is 3.82. The number of aromatic nitrogens is 6. The SMILES string of the molecule is CCCCc1cc(OC(=O)OC)cc(=O)n1Cc1ccc(-c2ccccc2-c2nn[nH]n2)nc1.Cl. The Morgan fingerprint density at radius 2 is 1.91 bits per heavy atom. The Kier molecular flexibility index (Phi) is 8.69. The van der Waals surface area contributed by atoms with E-state index in [0.29, 0.717) is 18.8 Å². The number of H-pyrrole nitrogens is 1. The Bertz CT molecular complexity index is 1320. The molecule has 10 nitrogen and oxygen atoms in total. The molecule has 0 unspecified atom stereocenters. The maximum atomic E-state index is 12.9. The predicted octanol–water partition coefficient (Wildman–Crippen LogP) is 4.05.